The molecule has 0 unspecified atom stereocenters. The predicted molar refractivity (Wildman–Crippen MR) is 115 cm³/mol. The van der Waals surface area contributed by atoms with Crippen LogP contribution in [0.1, 0.15) is 17.1 Å². The third-order valence-electron chi connectivity index (χ3n) is 5.17. The van der Waals surface area contributed by atoms with E-state index in [9.17, 15) is 4.79 Å². The minimum atomic E-state index is -0.0336. The Bertz CT molecular complexity index is 1210. The zero-order valence-corrected chi connectivity index (χ0v) is 17.5. The van der Waals surface area contributed by atoms with E-state index in [-0.39, 0.29) is 5.56 Å². The summed E-state index contributed by atoms with van der Waals surface area (Å²) in [4.78, 5) is 18.0. The van der Waals surface area contributed by atoms with Crippen molar-refractivity contribution < 1.29 is 0 Å². The van der Waals surface area contributed by atoms with Crippen molar-refractivity contribution in [3.8, 4) is 22.6 Å². The van der Waals surface area contributed by atoms with Crippen LogP contribution >= 0.6 is 11.3 Å². The Kier molecular flexibility index (Phi) is 4.47. The van der Waals surface area contributed by atoms with Gasteiger partial charge in [0.05, 0.1) is 17.1 Å². The second kappa shape index (κ2) is 6.83. The van der Waals surface area contributed by atoms with E-state index in [1.54, 1.807) is 16.0 Å². The van der Waals surface area contributed by atoms with Gasteiger partial charge >= 0.3 is 0 Å². The van der Waals surface area contributed by atoms with Crippen LogP contribution in [0.2, 0.25) is 0 Å². The molecular weight excluding hydrogens is 370 g/mol. The van der Waals surface area contributed by atoms with Gasteiger partial charge in [-0.1, -0.05) is 18.2 Å². The standard InChI is InChI=1S/C21H23N5OS/c1-13-11-17(18-12-28-21(22-4)23-18)14(2)25(13)19-15(3)24(5)26(20(19)27)16-9-7-6-8-10-16/h6-12H,1-5H3,(H,22,23). The molecule has 0 aliphatic carbocycles. The van der Waals surface area contributed by atoms with Gasteiger partial charge in [0.2, 0.25) is 0 Å². The number of thiazole rings is 1. The highest BCUT2D eigenvalue weighted by Crippen LogP contribution is 2.31. The van der Waals surface area contributed by atoms with Crippen molar-refractivity contribution in [1.82, 2.24) is 18.9 Å². The quantitative estimate of drug-likeness (QED) is 0.569. The molecule has 0 fully saturated rings. The number of rotatable bonds is 4. The van der Waals surface area contributed by atoms with Crippen molar-refractivity contribution in [2.24, 2.45) is 7.05 Å². The highest BCUT2D eigenvalue weighted by molar-refractivity contribution is 7.14. The first-order chi connectivity index (χ1) is 13.4. The average molecular weight is 394 g/mol. The van der Waals surface area contributed by atoms with E-state index in [1.807, 2.05) is 79.8 Å². The molecule has 0 saturated heterocycles. The van der Waals surface area contributed by atoms with E-state index in [1.165, 1.54) is 0 Å². The monoisotopic (exact) mass is 393 g/mol. The van der Waals surface area contributed by atoms with Gasteiger partial charge in [0.15, 0.2) is 5.13 Å². The molecule has 7 heteroatoms. The molecule has 6 nitrogen and oxygen atoms in total. The third-order valence-corrected chi connectivity index (χ3v) is 6.03. The Labute approximate surface area is 167 Å². The first-order valence-corrected chi connectivity index (χ1v) is 9.99. The fraction of sp³-hybridized carbons (Fsp3) is 0.238. The first-order valence-electron chi connectivity index (χ1n) is 9.11. The molecule has 0 amide bonds. The van der Waals surface area contributed by atoms with Gasteiger partial charge in [0, 0.05) is 36.4 Å². The van der Waals surface area contributed by atoms with Crippen LogP contribution in [0.15, 0.2) is 46.6 Å². The van der Waals surface area contributed by atoms with E-state index in [2.05, 4.69) is 16.4 Å². The molecule has 3 heterocycles. The molecular formula is C21H23N5OS. The molecule has 1 N–H and O–H groups in total. The van der Waals surface area contributed by atoms with Gasteiger partial charge in [0.25, 0.3) is 5.56 Å². The van der Waals surface area contributed by atoms with Crippen LogP contribution in [0, 0.1) is 20.8 Å². The zero-order valence-electron chi connectivity index (χ0n) is 16.6. The lowest BCUT2D eigenvalue weighted by molar-refractivity contribution is 0.630. The molecule has 0 bridgehead atoms. The number of nitrogens with one attached hydrogen (secondary N) is 1. The summed E-state index contributed by atoms with van der Waals surface area (Å²) in [5, 5.41) is 6.00. The van der Waals surface area contributed by atoms with Crippen LogP contribution in [0.3, 0.4) is 0 Å². The lowest BCUT2D eigenvalue weighted by Gasteiger charge is -2.08. The number of nitrogens with zero attached hydrogens (tertiary/aromatic N) is 4. The highest BCUT2D eigenvalue weighted by Gasteiger charge is 2.22. The number of benzene rings is 1. The van der Waals surface area contributed by atoms with E-state index in [4.69, 9.17) is 0 Å². The first kappa shape index (κ1) is 18.3. The molecule has 0 saturated carbocycles. The number of hydrogen-bond acceptors (Lipinski definition) is 4. The Morgan fingerprint density at radius 2 is 1.79 bits per heavy atom. The molecule has 0 atom stereocenters. The molecule has 144 valence electrons. The van der Waals surface area contributed by atoms with Gasteiger partial charge in [0.1, 0.15) is 5.69 Å². The largest absolute Gasteiger partial charge is 0.365 e. The van der Waals surface area contributed by atoms with Crippen molar-refractivity contribution in [2.45, 2.75) is 20.8 Å². The maximum Gasteiger partial charge on any atom is 0.295 e. The maximum atomic E-state index is 13.4. The van der Waals surface area contributed by atoms with Gasteiger partial charge < -0.3 is 9.88 Å². The van der Waals surface area contributed by atoms with Crippen LogP contribution < -0.4 is 10.9 Å². The summed E-state index contributed by atoms with van der Waals surface area (Å²) in [7, 11) is 3.78. The number of hydrogen-bond donors (Lipinski definition) is 1. The number of anilines is 1. The summed E-state index contributed by atoms with van der Waals surface area (Å²) in [5.41, 5.74) is 6.40. The SMILES string of the molecule is CNc1nc(-c2cc(C)n(-c3c(C)n(C)n(-c4ccccc4)c3=O)c2C)cs1. The van der Waals surface area contributed by atoms with Crippen LogP contribution in [-0.2, 0) is 7.05 Å². The Morgan fingerprint density at radius 1 is 1.07 bits per heavy atom. The van der Waals surface area contributed by atoms with Crippen LogP contribution in [0.5, 0.6) is 0 Å². The summed E-state index contributed by atoms with van der Waals surface area (Å²) in [5.74, 6) is 0. The highest BCUT2D eigenvalue weighted by atomic mass is 32.1. The van der Waals surface area contributed by atoms with E-state index in [0.29, 0.717) is 5.69 Å². The molecule has 0 spiro atoms. The molecule has 1 aromatic carbocycles. The van der Waals surface area contributed by atoms with Crippen molar-refractivity contribution in [3.63, 3.8) is 0 Å². The molecule has 3 aromatic heterocycles. The summed E-state index contributed by atoms with van der Waals surface area (Å²) in [6, 6.07) is 11.8. The average Bonchev–Trinajstić information content (AvgIpc) is 3.34. The van der Waals surface area contributed by atoms with Gasteiger partial charge in [-0.2, -0.15) is 0 Å². The van der Waals surface area contributed by atoms with Gasteiger partial charge in [-0.25, -0.2) is 9.67 Å². The Balaban J connectivity index is 1.93. The lowest BCUT2D eigenvalue weighted by atomic mass is 10.2. The topological polar surface area (TPSA) is 56.8 Å². The summed E-state index contributed by atoms with van der Waals surface area (Å²) in [6.45, 7) is 6.05. The lowest BCUT2D eigenvalue weighted by Crippen LogP contribution is -2.21. The van der Waals surface area contributed by atoms with E-state index in [0.717, 1.165) is 39.2 Å². The summed E-state index contributed by atoms with van der Waals surface area (Å²) < 4.78 is 5.67. The molecule has 4 aromatic rings. The number of aryl methyl sites for hydroxylation is 1. The minimum absolute atomic E-state index is 0.0336. The van der Waals surface area contributed by atoms with Gasteiger partial charge in [-0.3, -0.25) is 9.48 Å². The van der Waals surface area contributed by atoms with Crippen LogP contribution in [-0.4, -0.2) is 26.0 Å². The second-order valence-electron chi connectivity index (χ2n) is 6.82. The number of aromatic nitrogens is 4. The van der Waals surface area contributed by atoms with Crippen molar-refractivity contribution >= 4 is 16.5 Å². The Morgan fingerprint density at radius 3 is 2.43 bits per heavy atom. The maximum absolute atomic E-state index is 13.4. The zero-order chi connectivity index (χ0) is 20.0. The molecule has 4 rings (SSSR count). The van der Waals surface area contributed by atoms with Gasteiger partial charge in [-0.05, 0) is 39.0 Å². The molecule has 0 aliphatic heterocycles. The fourth-order valence-corrected chi connectivity index (χ4v) is 4.36. The molecule has 0 radical (unpaired) electrons. The smallest absolute Gasteiger partial charge is 0.295 e. The van der Waals surface area contributed by atoms with Crippen LogP contribution in [0.4, 0.5) is 5.13 Å². The normalized spacial score (nSPS) is 11.2. The van der Waals surface area contributed by atoms with E-state index >= 15 is 0 Å². The summed E-state index contributed by atoms with van der Waals surface area (Å²) >= 11 is 1.57. The minimum Gasteiger partial charge on any atom is -0.365 e. The third kappa shape index (κ3) is 2.70. The fourth-order valence-electron chi connectivity index (χ4n) is 3.69. The van der Waals surface area contributed by atoms with Crippen LogP contribution in [0.25, 0.3) is 22.6 Å². The molecule has 28 heavy (non-hydrogen) atoms. The second-order valence-corrected chi connectivity index (χ2v) is 7.68. The predicted octanol–water partition coefficient (Wildman–Crippen LogP) is 4.06. The van der Waals surface area contributed by atoms with Crippen molar-refractivity contribution in [2.75, 3.05) is 12.4 Å². The van der Waals surface area contributed by atoms with Gasteiger partial charge in [-0.15, -0.1) is 11.3 Å². The van der Waals surface area contributed by atoms with Crippen molar-refractivity contribution in [1.29, 1.82) is 0 Å². The van der Waals surface area contributed by atoms with Crippen molar-refractivity contribution in [3.05, 3.63) is 69.2 Å². The summed E-state index contributed by atoms with van der Waals surface area (Å²) in [6.07, 6.45) is 0. The Hall–Kier alpha value is -3.06. The van der Waals surface area contributed by atoms with E-state index < -0.39 is 0 Å². The number of para-hydroxylation sites is 1. The molecule has 0 aliphatic rings.